The molecular formula is C20H29NO. The SMILES string of the molecule is CC(C)(C)[C@H]1CCN2CCC[C@](c3ccccc3)(C1)[C@@]21CO1. The number of hydrogen-bond acceptors (Lipinski definition) is 2. The Morgan fingerprint density at radius 2 is 1.86 bits per heavy atom. The zero-order chi connectivity index (χ0) is 15.4. The van der Waals surface area contributed by atoms with Crippen LogP contribution in [0.15, 0.2) is 30.3 Å². The Hall–Kier alpha value is -0.860. The molecule has 1 unspecified atom stereocenters. The Morgan fingerprint density at radius 1 is 1.14 bits per heavy atom. The normalized spacial score (nSPS) is 41.2. The van der Waals surface area contributed by atoms with E-state index >= 15 is 0 Å². The van der Waals surface area contributed by atoms with Crippen molar-refractivity contribution in [1.82, 2.24) is 4.90 Å². The fraction of sp³-hybridized carbons (Fsp3) is 0.700. The molecule has 4 atom stereocenters. The van der Waals surface area contributed by atoms with Crippen molar-refractivity contribution in [2.24, 2.45) is 11.3 Å². The summed E-state index contributed by atoms with van der Waals surface area (Å²) in [6.45, 7) is 10.6. The van der Waals surface area contributed by atoms with Gasteiger partial charge in [-0.15, -0.1) is 0 Å². The molecule has 0 aliphatic carbocycles. The van der Waals surface area contributed by atoms with Crippen molar-refractivity contribution in [3.8, 4) is 0 Å². The summed E-state index contributed by atoms with van der Waals surface area (Å²) >= 11 is 0. The molecule has 0 aromatic heterocycles. The monoisotopic (exact) mass is 299 g/mol. The minimum absolute atomic E-state index is 0.00655. The standard InChI is InChI=1S/C20H29NO/c1-18(2,3)17-10-13-21-12-7-11-19(14-17,20(21)15-22-20)16-8-5-4-6-9-16/h4-6,8-9,17H,7,10-15H2,1-3H3/t17-,19+,20-/m0/s1. The average molecular weight is 299 g/mol. The molecule has 22 heavy (non-hydrogen) atoms. The quantitative estimate of drug-likeness (QED) is 0.722. The zero-order valence-electron chi connectivity index (χ0n) is 14.3. The van der Waals surface area contributed by atoms with E-state index in [2.05, 4.69) is 56.0 Å². The van der Waals surface area contributed by atoms with E-state index < -0.39 is 0 Å². The molecule has 1 aromatic rings. The van der Waals surface area contributed by atoms with E-state index in [1.165, 1.54) is 44.3 Å². The number of epoxide rings is 1. The van der Waals surface area contributed by atoms with Crippen molar-refractivity contribution < 1.29 is 4.74 Å². The van der Waals surface area contributed by atoms with Crippen LogP contribution in [0.25, 0.3) is 0 Å². The third-order valence-electron chi connectivity index (χ3n) is 6.60. The summed E-state index contributed by atoms with van der Waals surface area (Å²) in [5.74, 6) is 0.761. The van der Waals surface area contributed by atoms with Gasteiger partial charge in [-0.05, 0) is 42.6 Å². The van der Waals surface area contributed by atoms with Crippen molar-refractivity contribution in [3.05, 3.63) is 35.9 Å². The van der Waals surface area contributed by atoms with Gasteiger partial charge in [0.25, 0.3) is 0 Å². The molecule has 1 aromatic carbocycles. The highest BCUT2D eigenvalue weighted by Gasteiger charge is 2.68. The minimum Gasteiger partial charge on any atom is -0.352 e. The van der Waals surface area contributed by atoms with Crippen LogP contribution in [0.2, 0.25) is 0 Å². The van der Waals surface area contributed by atoms with E-state index in [1.54, 1.807) is 0 Å². The van der Waals surface area contributed by atoms with E-state index in [-0.39, 0.29) is 11.1 Å². The average Bonchev–Trinajstić information content (AvgIpc) is 3.28. The van der Waals surface area contributed by atoms with Gasteiger partial charge in [0.15, 0.2) is 5.72 Å². The van der Waals surface area contributed by atoms with Gasteiger partial charge in [-0.2, -0.15) is 0 Å². The number of benzene rings is 1. The van der Waals surface area contributed by atoms with Crippen molar-refractivity contribution >= 4 is 0 Å². The third kappa shape index (κ3) is 2.00. The van der Waals surface area contributed by atoms with E-state index in [0.717, 1.165) is 12.5 Å². The Bertz CT molecular complexity index is 543. The summed E-state index contributed by atoms with van der Waals surface area (Å²) in [7, 11) is 0. The molecule has 2 heteroatoms. The summed E-state index contributed by atoms with van der Waals surface area (Å²) in [5.41, 5.74) is 2.08. The minimum atomic E-state index is 0.00655. The maximum absolute atomic E-state index is 6.23. The summed E-state index contributed by atoms with van der Waals surface area (Å²) in [5, 5.41) is 0. The number of nitrogens with zero attached hydrogens (tertiary/aromatic N) is 1. The highest BCUT2D eigenvalue weighted by atomic mass is 16.6. The van der Waals surface area contributed by atoms with Crippen molar-refractivity contribution in [2.75, 3.05) is 19.7 Å². The molecule has 3 fully saturated rings. The predicted molar refractivity (Wildman–Crippen MR) is 89.8 cm³/mol. The second kappa shape index (κ2) is 4.82. The fourth-order valence-corrected chi connectivity index (χ4v) is 5.15. The lowest BCUT2D eigenvalue weighted by Gasteiger charge is -2.48. The molecule has 3 saturated heterocycles. The number of rotatable bonds is 1. The second-order valence-electron chi connectivity index (χ2n) is 8.67. The molecule has 2 nitrogen and oxygen atoms in total. The molecule has 3 heterocycles. The molecule has 3 aliphatic heterocycles. The highest BCUT2D eigenvalue weighted by molar-refractivity contribution is 5.34. The van der Waals surface area contributed by atoms with E-state index in [9.17, 15) is 0 Å². The largest absolute Gasteiger partial charge is 0.352 e. The van der Waals surface area contributed by atoms with Gasteiger partial charge in [0.2, 0.25) is 0 Å². The van der Waals surface area contributed by atoms with E-state index in [1.807, 2.05) is 0 Å². The van der Waals surface area contributed by atoms with Gasteiger partial charge in [-0.3, -0.25) is 4.90 Å². The number of hydrogen-bond donors (Lipinski definition) is 0. The topological polar surface area (TPSA) is 15.8 Å². The molecular weight excluding hydrogens is 270 g/mol. The maximum Gasteiger partial charge on any atom is 0.155 e. The molecule has 0 N–H and O–H groups in total. The first-order valence-electron chi connectivity index (χ1n) is 8.93. The molecule has 1 spiro atoms. The molecule has 3 aliphatic rings. The molecule has 2 bridgehead atoms. The van der Waals surface area contributed by atoms with Crippen LogP contribution in [-0.2, 0) is 10.2 Å². The molecule has 0 radical (unpaired) electrons. The number of ether oxygens (including phenoxy) is 1. The third-order valence-corrected chi connectivity index (χ3v) is 6.60. The van der Waals surface area contributed by atoms with Crippen LogP contribution in [0.4, 0.5) is 0 Å². The molecule has 4 rings (SSSR count). The Balaban J connectivity index is 1.83. The van der Waals surface area contributed by atoms with Crippen LogP contribution in [0.3, 0.4) is 0 Å². The van der Waals surface area contributed by atoms with Crippen molar-refractivity contribution in [3.63, 3.8) is 0 Å². The van der Waals surface area contributed by atoms with Crippen molar-refractivity contribution in [2.45, 2.75) is 57.6 Å². The van der Waals surface area contributed by atoms with E-state index in [0.29, 0.717) is 5.41 Å². The van der Waals surface area contributed by atoms with Crippen LogP contribution in [0, 0.1) is 11.3 Å². The van der Waals surface area contributed by atoms with Crippen LogP contribution in [0.5, 0.6) is 0 Å². The smallest absolute Gasteiger partial charge is 0.155 e. The lowest BCUT2D eigenvalue weighted by molar-refractivity contribution is -0.0238. The van der Waals surface area contributed by atoms with Gasteiger partial charge in [0, 0.05) is 18.5 Å². The summed E-state index contributed by atoms with van der Waals surface area (Å²) in [6, 6.07) is 11.2. The predicted octanol–water partition coefficient (Wildman–Crippen LogP) is 4.20. The van der Waals surface area contributed by atoms with Gasteiger partial charge in [0.1, 0.15) is 0 Å². The molecule has 0 saturated carbocycles. The maximum atomic E-state index is 6.23. The van der Waals surface area contributed by atoms with Crippen LogP contribution in [-0.4, -0.2) is 30.3 Å². The Labute approximate surface area is 134 Å². The van der Waals surface area contributed by atoms with Gasteiger partial charge >= 0.3 is 0 Å². The lowest BCUT2D eigenvalue weighted by atomic mass is 9.61. The molecule has 120 valence electrons. The van der Waals surface area contributed by atoms with Gasteiger partial charge in [0.05, 0.1) is 6.61 Å². The highest BCUT2D eigenvalue weighted by Crippen LogP contribution is 2.60. The number of piperidine rings is 1. The second-order valence-corrected chi connectivity index (χ2v) is 8.67. The Kier molecular flexibility index (Phi) is 3.22. The summed E-state index contributed by atoms with van der Waals surface area (Å²) in [6.07, 6.45) is 5.16. The first-order valence-corrected chi connectivity index (χ1v) is 8.93. The fourth-order valence-electron chi connectivity index (χ4n) is 5.15. The zero-order valence-corrected chi connectivity index (χ0v) is 14.3. The Morgan fingerprint density at radius 3 is 2.50 bits per heavy atom. The van der Waals surface area contributed by atoms with E-state index in [4.69, 9.17) is 4.74 Å². The van der Waals surface area contributed by atoms with Crippen LogP contribution in [0.1, 0.15) is 52.0 Å². The van der Waals surface area contributed by atoms with Crippen LogP contribution < -0.4 is 0 Å². The van der Waals surface area contributed by atoms with Crippen LogP contribution >= 0.6 is 0 Å². The molecule has 0 amide bonds. The summed E-state index contributed by atoms with van der Waals surface area (Å²) < 4.78 is 6.23. The first kappa shape index (κ1) is 14.7. The summed E-state index contributed by atoms with van der Waals surface area (Å²) in [4.78, 5) is 2.68. The first-order chi connectivity index (χ1) is 10.5. The van der Waals surface area contributed by atoms with Gasteiger partial charge in [-0.1, -0.05) is 51.1 Å². The van der Waals surface area contributed by atoms with Crippen molar-refractivity contribution in [1.29, 1.82) is 0 Å². The van der Waals surface area contributed by atoms with Gasteiger partial charge in [-0.25, -0.2) is 0 Å². The lowest BCUT2D eigenvalue weighted by Crippen LogP contribution is -2.57. The van der Waals surface area contributed by atoms with Gasteiger partial charge < -0.3 is 4.74 Å².